The average molecular weight is 875 g/mol. The van der Waals surface area contributed by atoms with E-state index in [9.17, 15) is 0 Å². The zero-order chi connectivity index (χ0) is 44.2. The maximum Gasteiger partial charge on any atom is 0.160 e. The SMILES string of the molecule is Cc1cc(C)c(-c2nc(-c3cccc(S(c4ccccc4)(c4ccccc4)c4ccccc4)c3)cc(-c3cccc(S(c4ccccc4)(c4ccccc4)c4ccccc4)c3)n2)c(C)c1. The Morgan fingerprint density at radius 2 is 0.554 bits per heavy atom. The molecule has 10 aromatic rings. The highest BCUT2D eigenvalue weighted by Crippen LogP contribution is 2.74. The molecule has 0 radical (unpaired) electrons. The van der Waals surface area contributed by atoms with Crippen molar-refractivity contribution in [2.45, 2.75) is 59.9 Å². The molecule has 0 bridgehead atoms. The van der Waals surface area contributed by atoms with E-state index in [1.807, 2.05) is 0 Å². The molecule has 1 aromatic heterocycles. The van der Waals surface area contributed by atoms with Gasteiger partial charge in [-0.25, -0.2) is 9.97 Å². The monoisotopic (exact) mass is 874 g/mol. The molecule has 0 aliphatic carbocycles. The lowest BCUT2D eigenvalue weighted by Crippen LogP contribution is -2.06. The summed E-state index contributed by atoms with van der Waals surface area (Å²) in [5.74, 6) is 0.726. The first kappa shape index (κ1) is 41.8. The number of benzene rings is 9. The van der Waals surface area contributed by atoms with Crippen LogP contribution in [-0.2, 0) is 0 Å². The number of aryl methyl sites for hydroxylation is 3. The van der Waals surface area contributed by atoms with Crippen molar-refractivity contribution in [3.63, 3.8) is 0 Å². The van der Waals surface area contributed by atoms with Gasteiger partial charge in [-0.05, 0) is 135 Å². The number of hydrogen-bond acceptors (Lipinski definition) is 2. The lowest BCUT2D eigenvalue weighted by Gasteiger charge is -2.42. The number of hydrogen-bond donors (Lipinski definition) is 0. The van der Waals surface area contributed by atoms with Crippen LogP contribution in [0.15, 0.2) is 288 Å². The third kappa shape index (κ3) is 7.69. The highest BCUT2D eigenvalue weighted by atomic mass is 32.3. The second-order valence-corrected chi connectivity index (χ2v) is 22.6. The molecule has 0 fully saturated rings. The van der Waals surface area contributed by atoms with E-state index in [1.54, 1.807) is 0 Å². The maximum atomic E-state index is 5.51. The van der Waals surface area contributed by atoms with Crippen molar-refractivity contribution in [1.82, 2.24) is 9.97 Å². The smallest absolute Gasteiger partial charge is 0.160 e. The minimum absolute atomic E-state index is 0.726. The highest BCUT2D eigenvalue weighted by Gasteiger charge is 2.35. The molecule has 0 amide bonds. The van der Waals surface area contributed by atoms with Gasteiger partial charge in [-0.2, -0.15) is 0 Å². The fourth-order valence-electron chi connectivity index (χ4n) is 9.46. The Morgan fingerprint density at radius 1 is 0.277 bits per heavy atom. The van der Waals surface area contributed by atoms with Gasteiger partial charge < -0.3 is 0 Å². The van der Waals surface area contributed by atoms with Crippen LogP contribution in [0.2, 0.25) is 0 Å². The van der Waals surface area contributed by atoms with Gasteiger partial charge in [0, 0.05) is 55.9 Å². The zero-order valence-electron chi connectivity index (χ0n) is 36.9. The second-order valence-electron chi connectivity index (χ2n) is 16.4. The van der Waals surface area contributed by atoms with Gasteiger partial charge in [0.2, 0.25) is 0 Å². The summed E-state index contributed by atoms with van der Waals surface area (Å²) in [5.41, 5.74) is 8.47. The fourth-order valence-corrected chi connectivity index (χ4v) is 17.3. The number of aromatic nitrogens is 2. The van der Waals surface area contributed by atoms with Crippen LogP contribution < -0.4 is 0 Å². The van der Waals surface area contributed by atoms with Gasteiger partial charge in [-0.1, -0.05) is 151 Å². The van der Waals surface area contributed by atoms with Crippen molar-refractivity contribution >= 4 is 20.1 Å². The summed E-state index contributed by atoms with van der Waals surface area (Å²) in [6, 6.07) is 91.1. The quantitative estimate of drug-likeness (QED) is 0.129. The van der Waals surface area contributed by atoms with Crippen LogP contribution in [0.25, 0.3) is 33.9 Å². The molecule has 10 rings (SSSR count). The van der Waals surface area contributed by atoms with Crippen LogP contribution in [0, 0.1) is 20.8 Å². The Bertz CT molecular complexity index is 2810. The molecule has 4 heteroatoms. The molecular formula is C61H50N2S2. The Hall–Kier alpha value is -7.24. The van der Waals surface area contributed by atoms with Crippen LogP contribution in [0.5, 0.6) is 0 Å². The van der Waals surface area contributed by atoms with E-state index in [0.29, 0.717) is 0 Å². The predicted molar refractivity (Wildman–Crippen MR) is 273 cm³/mol. The van der Waals surface area contributed by atoms with Crippen molar-refractivity contribution in [1.29, 1.82) is 0 Å². The molecule has 0 saturated carbocycles. The van der Waals surface area contributed by atoms with Crippen molar-refractivity contribution in [2.24, 2.45) is 0 Å². The summed E-state index contributed by atoms with van der Waals surface area (Å²) < 4.78 is 0. The number of nitrogens with zero attached hydrogens (tertiary/aromatic N) is 2. The molecule has 1 heterocycles. The summed E-state index contributed by atoms with van der Waals surface area (Å²) >= 11 is 0. The Kier molecular flexibility index (Phi) is 11.6. The van der Waals surface area contributed by atoms with Crippen molar-refractivity contribution in [3.8, 4) is 33.9 Å². The third-order valence-corrected chi connectivity index (χ3v) is 20.0. The second kappa shape index (κ2) is 18.1. The average Bonchev–Trinajstić information content (AvgIpc) is 3.36. The Labute approximate surface area is 387 Å². The minimum atomic E-state index is -1.93. The molecule has 65 heavy (non-hydrogen) atoms. The first-order chi connectivity index (χ1) is 32.0. The molecule has 9 aromatic carbocycles. The lowest BCUT2D eigenvalue weighted by molar-refractivity contribution is 1.15. The highest BCUT2D eigenvalue weighted by molar-refractivity contribution is 8.34. The lowest BCUT2D eigenvalue weighted by atomic mass is 9.98. The minimum Gasteiger partial charge on any atom is -0.228 e. The van der Waals surface area contributed by atoms with E-state index in [4.69, 9.17) is 9.97 Å². The summed E-state index contributed by atoms with van der Waals surface area (Å²) in [5, 5.41) is 0. The largest absolute Gasteiger partial charge is 0.228 e. The van der Waals surface area contributed by atoms with Gasteiger partial charge in [0.05, 0.1) is 11.4 Å². The molecule has 0 unspecified atom stereocenters. The normalized spacial score (nSPS) is 12.1. The Balaban J connectivity index is 1.22. The van der Waals surface area contributed by atoms with Gasteiger partial charge >= 0.3 is 0 Å². The molecule has 0 aliphatic heterocycles. The van der Waals surface area contributed by atoms with E-state index in [-0.39, 0.29) is 0 Å². The van der Waals surface area contributed by atoms with Crippen LogP contribution in [0.3, 0.4) is 0 Å². The van der Waals surface area contributed by atoms with Crippen LogP contribution >= 0.6 is 20.1 Å². The van der Waals surface area contributed by atoms with Gasteiger partial charge in [0.25, 0.3) is 0 Å². The zero-order valence-corrected chi connectivity index (χ0v) is 38.5. The fraction of sp³-hybridized carbons (Fsp3) is 0.0492. The van der Waals surface area contributed by atoms with E-state index in [2.05, 4.69) is 269 Å². The van der Waals surface area contributed by atoms with Crippen LogP contribution in [-0.4, -0.2) is 9.97 Å². The van der Waals surface area contributed by atoms with E-state index < -0.39 is 20.1 Å². The molecule has 0 atom stereocenters. The molecule has 0 aliphatic rings. The molecule has 0 N–H and O–H groups in total. The number of rotatable bonds is 11. The van der Waals surface area contributed by atoms with Crippen molar-refractivity contribution < 1.29 is 0 Å². The summed E-state index contributed by atoms with van der Waals surface area (Å²) in [6.45, 7) is 6.52. The molecule has 316 valence electrons. The van der Waals surface area contributed by atoms with Crippen LogP contribution in [0.1, 0.15) is 16.7 Å². The van der Waals surface area contributed by atoms with Gasteiger partial charge in [-0.15, -0.1) is 20.1 Å². The van der Waals surface area contributed by atoms with E-state index in [0.717, 1.165) is 45.0 Å². The van der Waals surface area contributed by atoms with Gasteiger partial charge in [0.1, 0.15) is 0 Å². The molecule has 0 saturated heterocycles. The first-order valence-corrected chi connectivity index (χ1v) is 25.4. The first-order valence-electron chi connectivity index (χ1n) is 22.1. The summed E-state index contributed by atoms with van der Waals surface area (Å²) in [6.07, 6.45) is 0. The van der Waals surface area contributed by atoms with Crippen molar-refractivity contribution in [3.05, 3.63) is 265 Å². The summed E-state index contributed by atoms with van der Waals surface area (Å²) in [4.78, 5) is 21.2. The maximum absolute atomic E-state index is 5.51. The Morgan fingerprint density at radius 3 is 0.846 bits per heavy atom. The molecule has 0 spiro atoms. The van der Waals surface area contributed by atoms with E-state index in [1.165, 1.54) is 44.7 Å². The van der Waals surface area contributed by atoms with Gasteiger partial charge in [0.15, 0.2) is 5.82 Å². The topological polar surface area (TPSA) is 25.8 Å². The predicted octanol–water partition coefficient (Wildman–Crippen LogP) is 17.1. The summed E-state index contributed by atoms with van der Waals surface area (Å²) in [7, 11) is -3.85. The molecule has 2 nitrogen and oxygen atoms in total. The standard InChI is InChI=1S/C61H50N2S2/c1-45-40-46(2)60(47(3)41-45)61-62-58(48-24-22-38-56(42-48)64(50-26-10-4-11-27-50,51-28-12-5-13-29-51)52-30-14-6-15-31-52)44-59(63-61)49-25-23-39-57(43-49)65(53-32-16-7-17-33-53,54-34-18-8-19-35-54)55-36-20-9-21-37-55/h4-44H,1-3H3. The van der Waals surface area contributed by atoms with Gasteiger partial charge in [-0.3, -0.25) is 0 Å². The van der Waals surface area contributed by atoms with E-state index >= 15 is 0 Å². The third-order valence-electron chi connectivity index (χ3n) is 12.2. The molecular weight excluding hydrogens is 825 g/mol. The van der Waals surface area contributed by atoms with Crippen molar-refractivity contribution in [2.75, 3.05) is 0 Å². The van der Waals surface area contributed by atoms with Crippen LogP contribution in [0.4, 0.5) is 0 Å².